The Morgan fingerprint density at radius 3 is 2.59 bits per heavy atom. The number of rotatable bonds is 7. The Morgan fingerprint density at radius 2 is 2.00 bits per heavy atom. The maximum atomic E-state index is 10.5. The zero-order valence-corrected chi connectivity index (χ0v) is 9.56. The topological polar surface area (TPSA) is 70.3 Å². The first kappa shape index (κ1) is 13.0. The highest BCUT2D eigenvalue weighted by molar-refractivity contribution is 5.70. The van der Waals surface area contributed by atoms with Crippen LogP contribution in [0.2, 0.25) is 0 Å². The van der Waals surface area contributed by atoms with Gasteiger partial charge in [0.15, 0.2) is 0 Å². The van der Waals surface area contributed by atoms with Gasteiger partial charge in [-0.05, 0) is 30.5 Å². The van der Waals surface area contributed by atoms with E-state index in [1.807, 2.05) is 0 Å². The molecule has 90 valence electrons. The van der Waals surface area contributed by atoms with Crippen molar-refractivity contribution in [1.29, 1.82) is 5.26 Å². The molecule has 17 heavy (non-hydrogen) atoms. The fourth-order valence-electron chi connectivity index (χ4n) is 1.37. The molecule has 0 saturated carbocycles. The van der Waals surface area contributed by atoms with Gasteiger partial charge in [0.05, 0.1) is 19.1 Å². The minimum Gasteiger partial charge on any atom is -0.494 e. The van der Waals surface area contributed by atoms with Gasteiger partial charge in [-0.2, -0.15) is 5.26 Å². The van der Waals surface area contributed by atoms with Gasteiger partial charge in [-0.1, -0.05) is 12.1 Å². The van der Waals surface area contributed by atoms with Crippen LogP contribution in [0.1, 0.15) is 24.8 Å². The highest BCUT2D eigenvalue weighted by Gasteiger charge is 2.00. The maximum Gasteiger partial charge on any atom is 0.307 e. The molecule has 0 atom stereocenters. The van der Waals surface area contributed by atoms with Gasteiger partial charge in [0.25, 0.3) is 0 Å². The van der Waals surface area contributed by atoms with E-state index in [4.69, 9.17) is 15.1 Å². The van der Waals surface area contributed by atoms with Gasteiger partial charge < -0.3 is 9.84 Å². The lowest BCUT2D eigenvalue weighted by Gasteiger charge is -2.05. The number of ether oxygens (including phenoxy) is 1. The molecule has 0 bridgehead atoms. The molecular formula is C13H15NO3. The first-order valence-corrected chi connectivity index (χ1v) is 5.53. The molecule has 0 unspecified atom stereocenters. The van der Waals surface area contributed by atoms with Gasteiger partial charge in [-0.15, -0.1) is 0 Å². The first-order valence-electron chi connectivity index (χ1n) is 5.53. The number of aliphatic carboxylic acids is 1. The number of hydrogen-bond acceptors (Lipinski definition) is 3. The third kappa shape index (κ3) is 5.57. The minimum absolute atomic E-state index is 0.0302. The van der Waals surface area contributed by atoms with E-state index in [0.29, 0.717) is 13.0 Å². The van der Waals surface area contributed by atoms with Crippen molar-refractivity contribution in [2.24, 2.45) is 0 Å². The Morgan fingerprint density at radius 1 is 1.29 bits per heavy atom. The minimum atomic E-state index is -0.838. The number of carboxylic acids is 1. The molecule has 0 saturated heterocycles. The standard InChI is InChI=1S/C13H15NO3/c14-8-2-1-3-9-17-12-6-4-11(5-7-12)10-13(15)16/h4-7H,1-3,9-10H2,(H,15,16). The molecule has 1 N–H and O–H groups in total. The molecule has 0 aromatic heterocycles. The summed E-state index contributed by atoms with van der Waals surface area (Å²) < 4.78 is 5.46. The molecule has 0 spiro atoms. The predicted octanol–water partition coefficient (Wildman–Crippen LogP) is 2.39. The first-order chi connectivity index (χ1) is 8.22. The van der Waals surface area contributed by atoms with Gasteiger partial charge in [-0.25, -0.2) is 0 Å². The van der Waals surface area contributed by atoms with Crippen molar-refractivity contribution in [2.75, 3.05) is 6.61 Å². The van der Waals surface area contributed by atoms with Crippen molar-refractivity contribution in [2.45, 2.75) is 25.7 Å². The lowest BCUT2D eigenvalue weighted by Crippen LogP contribution is -2.00. The van der Waals surface area contributed by atoms with Crippen LogP contribution in [0.25, 0.3) is 0 Å². The van der Waals surface area contributed by atoms with Crippen molar-refractivity contribution in [1.82, 2.24) is 0 Å². The van der Waals surface area contributed by atoms with Crippen LogP contribution in [0.4, 0.5) is 0 Å². The molecule has 4 heteroatoms. The van der Waals surface area contributed by atoms with Crippen molar-refractivity contribution < 1.29 is 14.6 Å². The molecule has 0 fully saturated rings. The fourth-order valence-corrected chi connectivity index (χ4v) is 1.37. The Balaban J connectivity index is 2.30. The molecule has 0 aliphatic carbocycles. The number of nitriles is 1. The van der Waals surface area contributed by atoms with E-state index in [-0.39, 0.29) is 6.42 Å². The summed E-state index contributed by atoms with van der Waals surface area (Å²) in [5, 5.41) is 16.9. The van der Waals surface area contributed by atoms with E-state index in [1.54, 1.807) is 24.3 Å². The second-order valence-electron chi connectivity index (χ2n) is 3.68. The van der Waals surface area contributed by atoms with Crippen molar-refractivity contribution in [3.8, 4) is 11.8 Å². The predicted molar refractivity (Wildman–Crippen MR) is 62.7 cm³/mol. The molecule has 0 aliphatic rings. The zero-order chi connectivity index (χ0) is 12.5. The van der Waals surface area contributed by atoms with Crippen molar-refractivity contribution >= 4 is 5.97 Å². The summed E-state index contributed by atoms with van der Waals surface area (Å²) in [5.41, 5.74) is 0.759. The number of carboxylic acid groups (broad SMARTS) is 1. The Kier molecular flexibility index (Phi) is 5.59. The van der Waals surface area contributed by atoms with E-state index in [0.717, 1.165) is 24.2 Å². The Labute approximate surface area is 100 Å². The van der Waals surface area contributed by atoms with Gasteiger partial charge >= 0.3 is 5.97 Å². The third-order valence-electron chi connectivity index (χ3n) is 2.23. The highest BCUT2D eigenvalue weighted by atomic mass is 16.5. The molecule has 0 radical (unpaired) electrons. The molecular weight excluding hydrogens is 218 g/mol. The van der Waals surface area contributed by atoms with E-state index in [9.17, 15) is 4.79 Å². The summed E-state index contributed by atoms with van der Waals surface area (Å²) in [4.78, 5) is 10.5. The average molecular weight is 233 g/mol. The summed E-state index contributed by atoms with van der Waals surface area (Å²) in [7, 11) is 0. The molecule has 1 aromatic carbocycles. The zero-order valence-electron chi connectivity index (χ0n) is 9.56. The normalized spacial score (nSPS) is 9.59. The fraction of sp³-hybridized carbons (Fsp3) is 0.385. The Bertz CT molecular complexity index is 392. The molecule has 1 aromatic rings. The van der Waals surface area contributed by atoms with E-state index >= 15 is 0 Å². The highest BCUT2D eigenvalue weighted by Crippen LogP contribution is 2.13. The molecule has 4 nitrogen and oxygen atoms in total. The van der Waals surface area contributed by atoms with Crippen LogP contribution in [0, 0.1) is 11.3 Å². The lowest BCUT2D eigenvalue weighted by molar-refractivity contribution is -0.136. The van der Waals surface area contributed by atoms with Crippen LogP contribution in [0.5, 0.6) is 5.75 Å². The monoisotopic (exact) mass is 233 g/mol. The van der Waals surface area contributed by atoms with E-state index in [1.165, 1.54) is 0 Å². The van der Waals surface area contributed by atoms with Gasteiger partial charge in [0.2, 0.25) is 0 Å². The average Bonchev–Trinajstić information content (AvgIpc) is 2.30. The summed E-state index contributed by atoms with van der Waals surface area (Å²) >= 11 is 0. The summed E-state index contributed by atoms with van der Waals surface area (Å²) in [6.07, 6.45) is 2.28. The van der Waals surface area contributed by atoms with Gasteiger partial charge in [0, 0.05) is 6.42 Å². The lowest BCUT2D eigenvalue weighted by atomic mass is 10.1. The molecule has 0 aliphatic heterocycles. The number of nitrogens with zero attached hydrogens (tertiary/aromatic N) is 1. The molecule has 0 heterocycles. The summed E-state index contributed by atoms with van der Waals surface area (Å²) in [6, 6.07) is 9.11. The largest absolute Gasteiger partial charge is 0.494 e. The number of hydrogen-bond donors (Lipinski definition) is 1. The van der Waals surface area contributed by atoms with Crippen LogP contribution in [-0.2, 0) is 11.2 Å². The SMILES string of the molecule is N#CCCCCOc1ccc(CC(=O)O)cc1. The number of carbonyl (C=O) groups is 1. The summed E-state index contributed by atoms with van der Waals surface area (Å²) in [5.74, 6) is -0.105. The second-order valence-corrected chi connectivity index (χ2v) is 3.68. The van der Waals surface area contributed by atoms with Crippen LogP contribution in [-0.4, -0.2) is 17.7 Å². The van der Waals surface area contributed by atoms with Gasteiger partial charge in [0.1, 0.15) is 5.75 Å². The third-order valence-corrected chi connectivity index (χ3v) is 2.23. The van der Waals surface area contributed by atoms with Crippen molar-refractivity contribution in [3.05, 3.63) is 29.8 Å². The smallest absolute Gasteiger partial charge is 0.307 e. The second kappa shape index (κ2) is 7.29. The molecule has 1 rings (SSSR count). The number of unbranched alkanes of at least 4 members (excludes halogenated alkanes) is 2. The maximum absolute atomic E-state index is 10.5. The van der Waals surface area contributed by atoms with Gasteiger partial charge in [-0.3, -0.25) is 4.79 Å². The quantitative estimate of drug-likeness (QED) is 0.734. The van der Waals surface area contributed by atoms with E-state index < -0.39 is 5.97 Å². The number of benzene rings is 1. The van der Waals surface area contributed by atoms with Crippen LogP contribution in [0.15, 0.2) is 24.3 Å². The van der Waals surface area contributed by atoms with Crippen LogP contribution >= 0.6 is 0 Å². The summed E-state index contributed by atoms with van der Waals surface area (Å²) in [6.45, 7) is 0.583. The Hall–Kier alpha value is -2.02. The van der Waals surface area contributed by atoms with E-state index in [2.05, 4.69) is 6.07 Å². The molecule has 0 amide bonds. The van der Waals surface area contributed by atoms with Crippen molar-refractivity contribution in [3.63, 3.8) is 0 Å². The van der Waals surface area contributed by atoms with Crippen LogP contribution < -0.4 is 4.74 Å². The van der Waals surface area contributed by atoms with Crippen LogP contribution in [0.3, 0.4) is 0 Å².